The van der Waals surface area contributed by atoms with Crippen LogP contribution in [0.15, 0.2) is 24.3 Å². The fraction of sp³-hybridized carbons (Fsp3) is 0.385. The van der Waals surface area contributed by atoms with E-state index in [0.29, 0.717) is 5.56 Å². The van der Waals surface area contributed by atoms with E-state index in [9.17, 15) is 9.59 Å². The van der Waals surface area contributed by atoms with E-state index < -0.39 is 5.97 Å². The number of aliphatic carboxylic acids is 1. The van der Waals surface area contributed by atoms with Gasteiger partial charge in [0.05, 0.1) is 6.42 Å². The van der Waals surface area contributed by atoms with Crippen LogP contribution in [-0.4, -0.2) is 23.0 Å². The van der Waals surface area contributed by atoms with Gasteiger partial charge in [-0.25, -0.2) is 0 Å². The third-order valence-corrected chi connectivity index (χ3v) is 3.27. The van der Waals surface area contributed by atoms with Crippen LogP contribution in [0.1, 0.15) is 30.6 Å². The van der Waals surface area contributed by atoms with E-state index >= 15 is 0 Å². The summed E-state index contributed by atoms with van der Waals surface area (Å²) in [6.45, 7) is 3.78. The summed E-state index contributed by atoms with van der Waals surface area (Å²) in [5.74, 6) is -1.06. The van der Waals surface area contributed by atoms with Gasteiger partial charge in [-0.2, -0.15) is 0 Å². The third kappa shape index (κ3) is 4.64. The summed E-state index contributed by atoms with van der Waals surface area (Å²) in [6, 6.07) is 6.84. The van der Waals surface area contributed by atoms with Crippen LogP contribution in [0.5, 0.6) is 0 Å². The molecule has 2 N–H and O–H groups in total. The first kappa shape index (κ1) is 14.9. The number of benzene rings is 1. The number of carbonyl (C=O) groups excluding carboxylic acids is 1. The molecule has 1 aromatic carbocycles. The van der Waals surface area contributed by atoms with Crippen molar-refractivity contribution in [1.29, 1.82) is 0 Å². The first-order valence-electron chi connectivity index (χ1n) is 5.68. The molecule has 98 valence electrons. The number of halogens is 1. The quantitative estimate of drug-likeness (QED) is 0.793. The number of hydrogen-bond acceptors (Lipinski definition) is 2. The molecule has 0 aliphatic carbocycles. The van der Waals surface area contributed by atoms with Crippen molar-refractivity contribution >= 4 is 34.5 Å². The Kier molecular flexibility index (Phi) is 5.58. The minimum absolute atomic E-state index is 0.0622. The molecular weight excluding hydrogens is 345 g/mol. The van der Waals surface area contributed by atoms with Gasteiger partial charge in [-0.1, -0.05) is 19.9 Å². The van der Waals surface area contributed by atoms with Crippen molar-refractivity contribution in [3.63, 3.8) is 0 Å². The molecule has 0 bridgehead atoms. The monoisotopic (exact) mass is 361 g/mol. The van der Waals surface area contributed by atoms with E-state index in [4.69, 9.17) is 5.11 Å². The van der Waals surface area contributed by atoms with Crippen LogP contribution < -0.4 is 5.32 Å². The Hall–Kier alpha value is -1.11. The molecule has 0 saturated carbocycles. The molecule has 0 spiro atoms. The predicted molar refractivity (Wildman–Crippen MR) is 77.5 cm³/mol. The van der Waals surface area contributed by atoms with Gasteiger partial charge >= 0.3 is 5.97 Å². The standard InChI is InChI=1S/C13H16INO3/c1-8(2)11(7-12(16)17)15-13(18)9-4-3-5-10(14)6-9/h3-6,8,11H,7H2,1-2H3,(H,15,18)(H,16,17). The molecule has 1 amide bonds. The summed E-state index contributed by atoms with van der Waals surface area (Å²) in [5.41, 5.74) is 0.554. The van der Waals surface area contributed by atoms with Gasteiger partial charge < -0.3 is 10.4 Å². The number of hydrogen-bond donors (Lipinski definition) is 2. The normalized spacial score (nSPS) is 12.2. The zero-order valence-electron chi connectivity index (χ0n) is 10.3. The zero-order chi connectivity index (χ0) is 13.7. The molecule has 0 aliphatic heterocycles. The van der Waals surface area contributed by atoms with Gasteiger partial charge in [-0.3, -0.25) is 9.59 Å². The molecule has 1 aromatic rings. The molecule has 0 aromatic heterocycles. The minimum Gasteiger partial charge on any atom is -0.481 e. The van der Waals surface area contributed by atoms with Crippen LogP contribution >= 0.6 is 22.6 Å². The number of carboxylic acids is 1. The van der Waals surface area contributed by atoms with Crippen LogP contribution in [0.4, 0.5) is 0 Å². The molecule has 4 nitrogen and oxygen atoms in total. The summed E-state index contributed by atoms with van der Waals surface area (Å²) in [6.07, 6.45) is -0.0622. The first-order valence-corrected chi connectivity index (χ1v) is 6.76. The Balaban J connectivity index is 2.75. The molecule has 0 radical (unpaired) electrons. The summed E-state index contributed by atoms with van der Waals surface area (Å²) >= 11 is 2.13. The molecule has 1 unspecified atom stereocenters. The van der Waals surface area contributed by atoms with Crippen molar-refractivity contribution in [2.75, 3.05) is 0 Å². The highest BCUT2D eigenvalue weighted by atomic mass is 127. The Bertz CT molecular complexity index is 446. The van der Waals surface area contributed by atoms with E-state index in [1.165, 1.54) is 0 Å². The van der Waals surface area contributed by atoms with Gasteiger partial charge in [0.2, 0.25) is 0 Å². The van der Waals surface area contributed by atoms with E-state index in [1.807, 2.05) is 19.9 Å². The van der Waals surface area contributed by atoms with Crippen molar-refractivity contribution in [2.24, 2.45) is 5.92 Å². The second-order valence-electron chi connectivity index (χ2n) is 4.43. The lowest BCUT2D eigenvalue weighted by Crippen LogP contribution is -2.40. The number of nitrogens with one attached hydrogen (secondary N) is 1. The molecular formula is C13H16INO3. The lowest BCUT2D eigenvalue weighted by Gasteiger charge is -2.20. The van der Waals surface area contributed by atoms with Crippen LogP contribution in [0, 0.1) is 9.49 Å². The fourth-order valence-electron chi connectivity index (χ4n) is 1.52. The van der Waals surface area contributed by atoms with Gasteiger partial charge in [0.25, 0.3) is 5.91 Å². The van der Waals surface area contributed by atoms with Gasteiger partial charge in [0.15, 0.2) is 0 Å². The number of amides is 1. The third-order valence-electron chi connectivity index (χ3n) is 2.60. The van der Waals surface area contributed by atoms with Gasteiger partial charge in [-0.05, 0) is 46.7 Å². The van der Waals surface area contributed by atoms with Crippen molar-refractivity contribution in [3.8, 4) is 0 Å². The maximum absolute atomic E-state index is 12.0. The maximum atomic E-state index is 12.0. The fourth-order valence-corrected chi connectivity index (χ4v) is 2.07. The molecule has 0 aliphatic rings. The molecule has 0 heterocycles. The maximum Gasteiger partial charge on any atom is 0.305 e. The van der Waals surface area contributed by atoms with E-state index in [1.54, 1.807) is 18.2 Å². The summed E-state index contributed by atoms with van der Waals surface area (Å²) in [7, 11) is 0. The van der Waals surface area contributed by atoms with Crippen LogP contribution in [0.2, 0.25) is 0 Å². The van der Waals surface area contributed by atoms with Crippen molar-refractivity contribution in [3.05, 3.63) is 33.4 Å². The van der Waals surface area contributed by atoms with Gasteiger partial charge in [0, 0.05) is 15.2 Å². The van der Waals surface area contributed by atoms with E-state index in [-0.39, 0.29) is 24.3 Å². The summed E-state index contributed by atoms with van der Waals surface area (Å²) in [5, 5.41) is 11.6. The minimum atomic E-state index is -0.906. The molecule has 1 atom stereocenters. The summed E-state index contributed by atoms with van der Waals surface area (Å²) < 4.78 is 0.972. The molecule has 0 fully saturated rings. The topological polar surface area (TPSA) is 66.4 Å². The van der Waals surface area contributed by atoms with Crippen LogP contribution in [-0.2, 0) is 4.79 Å². The SMILES string of the molecule is CC(C)C(CC(=O)O)NC(=O)c1cccc(I)c1. The van der Waals surface area contributed by atoms with Gasteiger partial charge in [-0.15, -0.1) is 0 Å². The summed E-state index contributed by atoms with van der Waals surface area (Å²) in [4.78, 5) is 22.7. The highest BCUT2D eigenvalue weighted by molar-refractivity contribution is 14.1. The highest BCUT2D eigenvalue weighted by Gasteiger charge is 2.20. The van der Waals surface area contributed by atoms with Crippen LogP contribution in [0.3, 0.4) is 0 Å². The Labute approximate surface area is 120 Å². The van der Waals surface area contributed by atoms with Gasteiger partial charge in [0.1, 0.15) is 0 Å². The van der Waals surface area contributed by atoms with Crippen molar-refractivity contribution in [2.45, 2.75) is 26.3 Å². The van der Waals surface area contributed by atoms with Crippen molar-refractivity contribution < 1.29 is 14.7 Å². The number of carboxylic acid groups (broad SMARTS) is 1. The largest absolute Gasteiger partial charge is 0.481 e. The molecule has 1 rings (SSSR count). The molecule has 5 heteroatoms. The average molecular weight is 361 g/mol. The van der Waals surface area contributed by atoms with E-state index in [2.05, 4.69) is 27.9 Å². The van der Waals surface area contributed by atoms with E-state index in [0.717, 1.165) is 3.57 Å². The van der Waals surface area contributed by atoms with Crippen LogP contribution in [0.25, 0.3) is 0 Å². The number of rotatable bonds is 5. The predicted octanol–water partition coefficient (Wildman–Crippen LogP) is 2.52. The molecule has 0 saturated heterocycles. The highest BCUT2D eigenvalue weighted by Crippen LogP contribution is 2.11. The Morgan fingerprint density at radius 2 is 2.06 bits per heavy atom. The average Bonchev–Trinajstić information content (AvgIpc) is 2.27. The Morgan fingerprint density at radius 1 is 1.39 bits per heavy atom. The first-order chi connectivity index (χ1) is 8.40. The zero-order valence-corrected chi connectivity index (χ0v) is 12.5. The number of carbonyl (C=O) groups is 2. The Morgan fingerprint density at radius 3 is 2.56 bits per heavy atom. The second-order valence-corrected chi connectivity index (χ2v) is 5.68. The smallest absolute Gasteiger partial charge is 0.305 e. The second kappa shape index (κ2) is 6.72. The van der Waals surface area contributed by atoms with Crippen molar-refractivity contribution in [1.82, 2.24) is 5.32 Å². The molecule has 18 heavy (non-hydrogen) atoms. The lowest BCUT2D eigenvalue weighted by molar-refractivity contribution is -0.137. The lowest BCUT2D eigenvalue weighted by atomic mass is 10.0.